The van der Waals surface area contributed by atoms with Crippen LogP contribution in [0.2, 0.25) is 0 Å². The summed E-state index contributed by atoms with van der Waals surface area (Å²) < 4.78 is 5.42. The lowest BCUT2D eigenvalue weighted by atomic mass is 10.1. The summed E-state index contributed by atoms with van der Waals surface area (Å²) in [5, 5.41) is 11.8. The quantitative estimate of drug-likeness (QED) is 0.885. The van der Waals surface area contributed by atoms with E-state index in [4.69, 9.17) is 9.84 Å². The monoisotopic (exact) mass is 285 g/mol. The molecule has 0 spiro atoms. The summed E-state index contributed by atoms with van der Waals surface area (Å²) in [6, 6.07) is 13.1. The van der Waals surface area contributed by atoms with Gasteiger partial charge in [-0.15, -0.1) is 0 Å². The number of anilines is 1. The predicted octanol–water partition coefficient (Wildman–Crippen LogP) is 3.04. The van der Waals surface area contributed by atoms with Crippen LogP contribution < -0.4 is 10.1 Å². The van der Waals surface area contributed by atoms with Crippen molar-refractivity contribution in [1.82, 2.24) is 0 Å². The molecule has 5 heteroatoms. The molecule has 108 valence electrons. The van der Waals surface area contributed by atoms with Gasteiger partial charge < -0.3 is 15.2 Å². The van der Waals surface area contributed by atoms with Gasteiger partial charge in [0.05, 0.1) is 23.4 Å². The Kier molecular flexibility index (Phi) is 4.56. The van der Waals surface area contributed by atoms with Crippen LogP contribution in [0.3, 0.4) is 0 Å². The summed E-state index contributed by atoms with van der Waals surface area (Å²) in [6.45, 7) is 2.32. The number of aromatic carboxylic acids is 1. The maximum absolute atomic E-state index is 12.3. The van der Waals surface area contributed by atoms with E-state index in [0.717, 1.165) is 0 Å². The van der Waals surface area contributed by atoms with Crippen LogP contribution in [0.4, 0.5) is 5.69 Å². The van der Waals surface area contributed by atoms with E-state index >= 15 is 0 Å². The van der Waals surface area contributed by atoms with Crippen LogP contribution in [0.5, 0.6) is 5.75 Å². The lowest BCUT2D eigenvalue weighted by Gasteiger charge is -2.12. The second kappa shape index (κ2) is 6.56. The molecular formula is C16H15NO4. The van der Waals surface area contributed by atoms with Gasteiger partial charge in [0, 0.05) is 0 Å². The van der Waals surface area contributed by atoms with Gasteiger partial charge in [0.1, 0.15) is 5.75 Å². The zero-order valence-electron chi connectivity index (χ0n) is 11.5. The first-order chi connectivity index (χ1) is 10.1. The second-order valence-corrected chi connectivity index (χ2v) is 4.23. The van der Waals surface area contributed by atoms with Gasteiger partial charge in [-0.2, -0.15) is 0 Å². The molecule has 2 N–H and O–H groups in total. The molecule has 0 fully saturated rings. The number of hydrogen-bond donors (Lipinski definition) is 2. The Bertz CT molecular complexity index is 667. The van der Waals surface area contributed by atoms with Crippen molar-refractivity contribution >= 4 is 17.6 Å². The van der Waals surface area contributed by atoms with Crippen LogP contribution in [-0.2, 0) is 0 Å². The lowest BCUT2D eigenvalue weighted by Crippen LogP contribution is -2.16. The Morgan fingerprint density at radius 1 is 1.05 bits per heavy atom. The summed E-state index contributed by atoms with van der Waals surface area (Å²) in [4.78, 5) is 23.4. The topological polar surface area (TPSA) is 75.6 Å². The maximum Gasteiger partial charge on any atom is 0.336 e. The van der Waals surface area contributed by atoms with Crippen LogP contribution in [-0.4, -0.2) is 23.6 Å². The number of ether oxygens (including phenoxy) is 1. The van der Waals surface area contributed by atoms with Crippen molar-refractivity contribution in [2.45, 2.75) is 6.92 Å². The average molecular weight is 285 g/mol. The molecular weight excluding hydrogens is 270 g/mol. The summed E-state index contributed by atoms with van der Waals surface area (Å²) in [5.41, 5.74) is 0.574. The number of carboxylic acid groups (broad SMARTS) is 1. The van der Waals surface area contributed by atoms with E-state index in [-0.39, 0.29) is 11.1 Å². The number of rotatable bonds is 5. The fourth-order valence-corrected chi connectivity index (χ4v) is 1.91. The summed E-state index contributed by atoms with van der Waals surface area (Å²) in [7, 11) is 0. The summed E-state index contributed by atoms with van der Waals surface area (Å²) >= 11 is 0. The van der Waals surface area contributed by atoms with Gasteiger partial charge in [-0.05, 0) is 31.2 Å². The molecule has 2 aromatic rings. The van der Waals surface area contributed by atoms with Crippen molar-refractivity contribution in [3.8, 4) is 5.75 Å². The van der Waals surface area contributed by atoms with Gasteiger partial charge in [0.2, 0.25) is 0 Å². The van der Waals surface area contributed by atoms with E-state index in [1.165, 1.54) is 12.1 Å². The van der Waals surface area contributed by atoms with Gasteiger partial charge in [0.15, 0.2) is 0 Å². The molecule has 2 aromatic carbocycles. The average Bonchev–Trinajstić information content (AvgIpc) is 2.49. The summed E-state index contributed by atoms with van der Waals surface area (Å²) in [5.74, 6) is -1.08. The molecule has 0 saturated heterocycles. The van der Waals surface area contributed by atoms with Crippen LogP contribution >= 0.6 is 0 Å². The van der Waals surface area contributed by atoms with Crippen LogP contribution in [0.25, 0.3) is 0 Å². The van der Waals surface area contributed by atoms with Crippen molar-refractivity contribution in [1.29, 1.82) is 0 Å². The van der Waals surface area contributed by atoms with Crippen LogP contribution in [0.15, 0.2) is 48.5 Å². The minimum Gasteiger partial charge on any atom is -0.492 e. The van der Waals surface area contributed by atoms with Gasteiger partial charge in [-0.1, -0.05) is 24.3 Å². The minimum atomic E-state index is -1.14. The number of carbonyl (C=O) groups is 2. The highest BCUT2D eigenvalue weighted by Gasteiger charge is 2.16. The largest absolute Gasteiger partial charge is 0.492 e. The number of hydrogen-bond acceptors (Lipinski definition) is 3. The van der Waals surface area contributed by atoms with Crippen molar-refractivity contribution in [2.24, 2.45) is 0 Å². The van der Waals surface area contributed by atoms with Crippen molar-refractivity contribution in [3.63, 3.8) is 0 Å². The lowest BCUT2D eigenvalue weighted by molar-refractivity contribution is 0.0692. The Labute approximate surface area is 122 Å². The first-order valence-electron chi connectivity index (χ1n) is 6.49. The fourth-order valence-electron chi connectivity index (χ4n) is 1.91. The number of carboxylic acids is 1. The van der Waals surface area contributed by atoms with Gasteiger partial charge in [0.25, 0.3) is 5.91 Å². The van der Waals surface area contributed by atoms with Crippen molar-refractivity contribution < 1.29 is 19.4 Å². The molecule has 0 saturated carbocycles. The molecule has 0 unspecified atom stereocenters. The Hall–Kier alpha value is -2.82. The highest BCUT2D eigenvalue weighted by molar-refractivity contribution is 6.11. The maximum atomic E-state index is 12.3. The Morgan fingerprint density at radius 2 is 1.67 bits per heavy atom. The van der Waals surface area contributed by atoms with Gasteiger partial charge >= 0.3 is 5.97 Å². The molecule has 0 atom stereocenters. The molecule has 5 nitrogen and oxygen atoms in total. The van der Waals surface area contributed by atoms with E-state index in [2.05, 4.69) is 5.32 Å². The van der Waals surface area contributed by atoms with Gasteiger partial charge in [-0.3, -0.25) is 4.79 Å². The third kappa shape index (κ3) is 3.39. The third-order valence-electron chi connectivity index (χ3n) is 2.84. The van der Waals surface area contributed by atoms with E-state index < -0.39 is 11.9 Å². The standard InChI is InChI=1S/C16H15NO4/c1-2-21-14-10-6-5-9-13(14)17-15(18)11-7-3-4-8-12(11)16(19)20/h3-10H,2H2,1H3,(H,17,18)(H,19,20). The van der Waals surface area contributed by atoms with Crippen LogP contribution in [0, 0.1) is 0 Å². The van der Waals surface area contributed by atoms with Gasteiger partial charge in [-0.25, -0.2) is 4.79 Å². The smallest absolute Gasteiger partial charge is 0.336 e. The molecule has 0 bridgehead atoms. The second-order valence-electron chi connectivity index (χ2n) is 4.23. The number of carbonyl (C=O) groups excluding carboxylic acids is 1. The normalized spacial score (nSPS) is 9.95. The van der Waals surface area contributed by atoms with E-state index in [0.29, 0.717) is 18.0 Å². The van der Waals surface area contributed by atoms with Crippen molar-refractivity contribution in [3.05, 3.63) is 59.7 Å². The highest BCUT2D eigenvalue weighted by Crippen LogP contribution is 2.24. The molecule has 0 aliphatic rings. The molecule has 0 aliphatic heterocycles. The Morgan fingerprint density at radius 3 is 2.33 bits per heavy atom. The zero-order valence-corrected chi connectivity index (χ0v) is 11.5. The molecule has 0 aromatic heterocycles. The zero-order chi connectivity index (χ0) is 15.2. The number of para-hydroxylation sites is 2. The van der Waals surface area contributed by atoms with E-state index in [9.17, 15) is 9.59 Å². The highest BCUT2D eigenvalue weighted by atomic mass is 16.5. The first-order valence-corrected chi connectivity index (χ1v) is 6.49. The molecule has 1 amide bonds. The van der Waals surface area contributed by atoms with Crippen LogP contribution in [0.1, 0.15) is 27.6 Å². The van der Waals surface area contributed by atoms with Crippen molar-refractivity contribution in [2.75, 3.05) is 11.9 Å². The molecule has 0 heterocycles. The molecule has 0 radical (unpaired) electrons. The Balaban J connectivity index is 2.29. The molecule has 0 aliphatic carbocycles. The number of nitrogens with one attached hydrogen (secondary N) is 1. The fraction of sp³-hybridized carbons (Fsp3) is 0.125. The predicted molar refractivity (Wildman–Crippen MR) is 79.0 cm³/mol. The first kappa shape index (κ1) is 14.6. The van der Waals surface area contributed by atoms with E-state index in [1.807, 2.05) is 6.92 Å². The third-order valence-corrected chi connectivity index (χ3v) is 2.84. The van der Waals surface area contributed by atoms with E-state index in [1.54, 1.807) is 36.4 Å². The SMILES string of the molecule is CCOc1ccccc1NC(=O)c1ccccc1C(=O)O. The summed E-state index contributed by atoms with van der Waals surface area (Å²) in [6.07, 6.45) is 0. The molecule has 2 rings (SSSR count). The number of benzene rings is 2. The minimum absolute atomic E-state index is 0.0381. The number of amides is 1. The molecule has 21 heavy (non-hydrogen) atoms.